The van der Waals surface area contributed by atoms with Crippen molar-refractivity contribution in [3.05, 3.63) is 0 Å². The van der Waals surface area contributed by atoms with Gasteiger partial charge in [-0.05, 0) is 33.2 Å². The van der Waals surface area contributed by atoms with Crippen LogP contribution in [0, 0.1) is 0 Å². The van der Waals surface area contributed by atoms with Crippen molar-refractivity contribution >= 4 is 10.0 Å². The Morgan fingerprint density at radius 2 is 2.11 bits per heavy atom. The zero-order valence-corrected chi connectivity index (χ0v) is 12.3. The monoisotopic (exact) mass is 276 g/mol. The summed E-state index contributed by atoms with van der Waals surface area (Å²) in [5.41, 5.74) is 0. The van der Waals surface area contributed by atoms with Crippen LogP contribution < -0.4 is 0 Å². The summed E-state index contributed by atoms with van der Waals surface area (Å²) in [5.74, 6) is 0. The standard InChI is InChI=1S/C12H24N2O3S/c1-10-7-13-6-4-5-12(13)8-14(10)18(15,16)11(2)9-17-3/h10-12H,4-9H2,1-3H3/t10-,11+,12+/m1/s1. The van der Waals surface area contributed by atoms with Crippen LogP contribution in [0.1, 0.15) is 26.7 Å². The van der Waals surface area contributed by atoms with Crippen molar-refractivity contribution in [3.8, 4) is 0 Å². The molecule has 0 bridgehead atoms. The Bertz CT molecular complexity index is 385. The van der Waals surface area contributed by atoms with E-state index >= 15 is 0 Å². The number of piperazine rings is 1. The van der Waals surface area contributed by atoms with Crippen molar-refractivity contribution in [1.29, 1.82) is 0 Å². The van der Waals surface area contributed by atoms with Gasteiger partial charge in [0, 0.05) is 32.3 Å². The molecule has 2 saturated heterocycles. The van der Waals surface area contributed by atoms with Gasteiger partial charge in [0.15, 0.2) is 0 Å². The third-order valence-electron chi connectivity index (χ3n) is 4.12. The van der Waals surface area contributed by atoms with Crippen molar-refractivity contribution < 1.29 is 13.2 Å². The van der Waals surface area contributed by atoms with Crippen molar-refractivity contribution in [3.63, 3.8) is 0 Å². The van der Waals surface area contributed by atoms with Gasteiger partial charge in [-0.2, -0.15) is 4.31 Å². The van der Waals surface area contributed by atoms with Gasteiger partial charge in [-0.3, -0.25) is 4.90 Å². The predicted molar refractivity (Wildman–Crippen MR) is 71.0 cm³/mol. The second-order valence-electron chi connectivity index (χ2n) is 5.52. The first-order chi connectivity index (χ1) is 8.46. The first kappa shape index (κ1) is 14.2. The van der Waals surface area contributed by atoms with Crippen LogP contribution in [0.25, 0.3) is 0 Å². The van der Waals surface area contributed by atoms with Crippen molar-refractivity contribution in [2.45, 2.75) is 44.0 Å². The zero-order chi connectivity index (χ0) is 13.3. The Labute approximate surface area is 110 Å². The number of ether oxygens (including phenoxy) is 1. The lowest BCUT2D eigenvalue weighted by molar-refractivity contribution is 0.114. The lowest BCUT2D eigenvalue weighted by Crippen LogP contribution is -2.58. The summed E-state index contributed by atoms with van der Waals surface area (Å²) in [4.78, 5) is 2.43. The fourth-order valence-electron chi connectivity index (χ4n) is 3.07. The molecule has 0 aromatic rings. The quantitative estimate of drug-likeness (QED) is 0.751. The number of hydrogen-bond acceptors (Lipinski definition) is 4. The van der Waals surface area contributed by atoms with Crippen LogP contribution in [0.2, 0.25) is 0 Å². The van der Waals surface area contributed by atoms with E-state index < -0.39 is 15.3 Å². The number of sulfonamides is 1. The highest BCUT2D eigenvalue weighted by molar-refractivity contribution is 7.89. The van der Waals surface area contributed by atoms with Crippen LogP contribution in [-0.2, 0) is 14.8 Å². The van der Waals surface area contributed by atoms with Gasteiger partial charge in [0.1, 0.15) is 0 Å². The van der Waals surface area contributed by atoms with Crippen molar-refractivity contribution in [1.82, 2.24) is 9.21 Å². The average molecular weight is 276 g/mol. The van der Waals surface area contributed by atoms with E-state index in [0.29, 0.717) is 12.6 Å². The van der Waals surface area contributed by atoms with E-state index in [9.17, 15) is 8.42 Å². The Balaban J connectivity index is 2.12. The first-order valence-electron chi connectivity index (χ1n) is 6.70. The number of fused-ring (bicyclic) bond motifs is 1. The van der Waals surface area contributed by atoms with E-state index in [4.69, 9.17) is 4.74 Å². The lowest BCUT2D eigenvalue weighted by Gasteiger charge is -2.42. The normalized spacial score (nSPS) is 32.4. The largest absolute Gasteiger partial charge is 0.383 e. The molecule has 0 saturated carbocycles. The van der Waals surface area contributed by atoms with E-state index in [2.05, 4.69) is 4.90 Å². The summed E-state index contributed by atoms with van der Waals surface area (Å²) >= 11 is 0. The molecule has 0 radical (unpaired) electrons. The van der Waals surface area contributed by atoms with Crippen molar-refractivity contribution in [2.75, 3.05) is 33.4 Å². The zero-order valence-electron chi connectivity index (χ0n) is 11.5. The molecular weight excluding hydrogens is 252 g/mol. The van der Waals surface area contributed by atoms with Gasteiger partial charge in [-0.1, -0.05) is 0 Å². The summed E-state index contributed by atoms with van der Waals surface area (Å²) < 4.78 is 31.7. The van der Waals surface area contributed by atoms with Crippen LogP contribution in [-0.4, -0.2) is 68.3 Å². The molecule has 2 aliphatic rings. The first-order valence-corrected chi connectivity index (χ1v) is 8.20. The molecule has 5 nitrogen and oxygen atoms in total. The molecule has 0 aromatic heterocycles. The number of methoxy groups -OCH3 is 1. The molecular formula is C12H24N2O3S. The topological polar surface area (TPSA) is 49.9 Å². The highest BCUT2D eigenvalue weighted by atomic mass is 32.2. The summed E-state index contributed by atoms with van der Waals surface area (Å²) in [5, 5.41) is -0.460. The molecule has 0 spiro atoms. The molecule has 106 valence electrons. The van der Waals surface area contributed by atoms with E-state index in [0.717, 1.165) is 19.5 Å². The van der Waals surface area contributed by atoms with Gasteiger partial charge in [0.05, 0.1) is 11.9 Å². The number of rotatable bonds is 4. The van der Waals surface area contributed by atoms with Crippen LogP contribution in [0.4, 0.5) is 0 Å². The van der Waals surface area contributed by atoms with Gasteiger partial charge in [-0.25, -0.2) is 8.42 Å². The Morgan fingerprint density at radius 3 is 2.78 bits per heavy atom. The molecule has 0 aliphatic carbocycles. The minimum atomic E-state index is -3.23. The number of hydrogen-bond donors (Lipinski definition) is 0. The maximum Gasteiger partial charge on any atom is 0.219 e. The van der Waals surface area contributed by atoms with Crippen LogP contribution in [0.5, 0.6) is 0 Å². The van der Waals surface area contributed by atoms with E-state index in [1.165, 1.54) is 6.42 Å². The maximum atomic E-state index is 12.5. The minimum Gasteiger partial charge on any atom is -0.383 e. The molecule has 18 heavy (non-hydrogen) atoms. The lowest BCUT2D eigenvalue weighted by atomic mass is 10.1. The molecule has 2 aliphatic heterocycles. The highest BCUT2D eigenvalue weighted by Gasteiger charge is 2.41. The third kappa shape index (κ3) is 2.57. The van der Waals surface area contributed by atoms with Gasteiger partial charge >= 0.3 is 0 Å². The van der Waals surface area contributed by atoms with Crippen LogP contribution in [0.3, 0.4) is 0 Å². The Hall–Kier alpha value is -0.170. The van der Waals surface area contributed by atoms with E-state index in [1.54, 1.807) is 18.3 Å². The summed E-state index contributed by atoms with van der Waals surface area (Å²) in [6, 6.07) is 0.495. The average Bonchev–Trinajstić information content (AvgIpc) is 2.75. The molecule has 0 N–H and O–H groups in total. The maximum absolute atomic E-state index is 12.5. The molecule has 2 fully saturated rings. The van der Waals surface area contributed by atoms with E-state index in [1.807, 2.05) is 6.92 Å². The van der Waals surface area contributed by atoms with Crippen LogP contribution in [0.15, 0.2) is 0 Å². The fourth-order valence-corrected chi connectivity index (χ4v) is 4.79. The molecule has 2 rings (SSSR count). The third-order valence-corrected chi connectivity index (χ3v) is 6.43. The number of nitrogens with zero attached hydrogens (tertiary/aromatic N) is 2. The second kappa shape index (κ2) is 5.45. The van der Waals surface area contributed by atoms with Gasteiger partial charge in [0.2, 0.25) is 10.0 Å². The Morgan fingerprint density at radius 1 is 1.39 bits per heavy atom. The van der Waals surface area contributed by atoms with Crippen LogP contribution >= 0.6 is 0 Å². The molecule has 0 aromatic carbocycles. The summed E-state index contributed by atoms with van der Waals surface area (Å²) in [7, 11) is -1.68. The highest BCUT2D eigenvalue weighted by Crippen LogP contribution is 2.27. The second-order valence-corrected chi connectivity index (χ2v) is 7.82. The Kier molecular flexibility index (Phi) is 4.31. The van der Waals surface area contributed by atoms with Gasteiger partial charge < -0.3 is 4.74 Å². The van der Waals surface area contributed by atoms with E-state index in [-0.39, 0.29) is 12.6 Å². The molecule has 2 heterocycles. The summed E-state index contributed by atoms with van der Waals surface area (Å²) in [6.45, 7) is 6.63. The molecule has 0 amide bonds. The van der Waals surface area contributed by atoms with Gasteiger partial charge in [0.25, 0.3) is 0 Å². The predicted octanol–water partition coefficient (Wildman–Crippen LogP) is 0.520. The SMILES string of the molecule is COC[C@H](C)S(=O)(=O)N1C[C@@H]2CCCN2C[C@H]1C. The smallest absolute Gasteiger partial charge is 0.219 e. The fraction of sp³-hybridized carbons (Fsp3) is 1.00. The molecule has 6 heteroatoms. The molecule has 3 atom stereocenters. The minimum absolute atomic E-state index is 0.0728. The van der Waals surface area contributed by atoms with Crippen molar-refractivity contribution in [2.24, 2.45) is 0 Å². The van der Waals surface area contributed by atoms with Gasteiger partial charge in [-0.15, -0.1) is 0 Å². The summed E-state index contributed by atoms with van der Waals surface area (Å²) in [6.07, 6.45) is 2.32. The molecule has 0 unspecified atom stereocenters.